The molecule has 0 atom stereocenters. The number of carbonyl (C=O) groups is 2. The van der Waals surface area contributed by atoms with Gasteiger partial charge in [0.15, 0.2) is 0 Å². The van der Waals surface area contributed by atoms with Crippen LogP contribution in [0.1, 0.15) is 23.2 Å². The molecule has 1 aliphatic heterocycles. The van der Waals surface area contributed by atoms with Gasteiger partial charge in [0.25, 0.3) is 5.91 Å². The minimum Gasteiger partial charge on any atom is -0.465 e. The van der Waals surface area contributed by atoms with E-state index in [1.54, 1.807) is 24.1 Å². The van der Waals surface area contributed by atoms with Crippen LogP contribution in [0.25, 0.3) is 0 Å². The largest absolute Gasteiger partial charge is 0.465 e. The standard InChI is InChI=1S/C14H18N2O3/c1-15(13(17)11-5-3-2-4-6-11)12-7-9-16(10-8-12)14(18)19/h2-6,12H,7-10H2,1H3,(H,18,19). The molecule has 1 saturated heterocycles. The lowest BCUT2D eigenvalue weighted by atomic mass is 10.0. The lowest BCUT2D eigenvalue weighted by molar-refractivity contribution is 0.0641. The van der Waals surface area contributed by atoms with E-state index in [0.717, 1.165) is 0 Å². The molecule has 1 aromatic carbocycles. The smallest absolute Gasteiger partial charge is 0.407 e. The lowest BCUT2D eigenvalue weighted by Gasteiger charge is -2.35. The van der Waals surface area contributed by atoms with Gasteiger partial charge in [-0.15, -0.1) is 0 Å². The SMILES string of the molecule is CN(C(=O)c1ccccc1)C1CCN(C(=O)O)CC1. The van der Waals surface area contributed by atoms with Gasteiger partial charge in [-0.05, 0) is 25.0 Å². The molecule has 1 heterocycles. The number of amides is 2. The summed E-state index contributed by atoms with van der Waals surface area (Å²) < 4.78 is 0. The molecule has 102 valence electrons. The number of nitrogens with zero attached hydrogens (tertiary/aromatic N) is 2. The van der Waals surface area contributed by atoms with Gasteiger partial charge in [0.2, 0.25) is 0 Å². The fraction of sp³-hybridized carbons (Fsp3) is 0.429. The zero-order chi connectivity index (χ0) is 13.8. The molecule has 2 amide bonds. The molecule has 5 heteroatoms. The summed E-state index contributed by atoms with van der Waals surface area (Å²) in [5, 5.41) is 8.90. The molecular weight excluding hydrogens is 244 g/mol. The van der Waals surface area contributed by atoms with Crippen LogP contribution < -0.4 is 0 Å². The highest BCUT2D eigenvalue weighted by atomic mass is 16.4. The Balaban J connectivity index is 1.96. The molecule has 0 saturated carbocycles. The van der Waals surface area contributed by atoms with E-state index in [1.807, 2.05) is 18.2 Å². The number of carbonyl (C=O) groups excluding carboxylic acids is 1. The number of benzene rings is 1. The van der Waals surface area contributed by atoms with Gasteiger partial charge in [0.1, 0.15) is 0 Å². The minimum absolute atomic E-state index is 0.00521. The summed E-state index contributed by atoms with van der Waals surface area (Å²) in [5.41, 5.74) is 0.672. The van der Waals surface area contributed by atoms with Crippen molar-refractivity contribution < 1.29 is 14.7 Å². The Labute approximate surface area is 112 Å². The molecule has 19 heavy (non-hydrogen) atoms. The molecule has 5 nitrogen and oxygen atoms in total. The molecule has 0 bridgehead atoms. The molecule has 0 aliphatic carbocycles. The number of hydrogen-bond acceptors (Lipinski definition) is 2. The molecule has 1 fully saturated rings. The second-order valence-corrected chi connectivity index (χ2v) is 4.78. The van der Waals surface area contributed by atoms with Crippen molar-refractivity contribution >= 4 is 12.0 Å². The van der Waals surface area contributed by atoms with E-state index in [-0.39, 0.29) is 11.9 Å². The van der Waals surface area contributed by atoms with Crippen molar-refractivity contribution in [2.24, 2.45) is 0 Å². The molecule has 1 aromatic rings. The molecule has 0 unspecified atom stereocenters. The van der Waals surface area contributed by atoms with Crippen molar-refractivity contribution in [3.63, 3.8) is 0 Å². The zero-order valence-electron chi connectivity index (χ0n) is 11.0. The highest BCUT2D eigenvalue weighted by Gasteiger charge is 2.27. The van der Waals surface area contributed by atoms with E-state index in [4.69, 9.17) is 5.11 Å². The predicted octanol–water partition coefficient (Wildman–Crippen LogP) is 1.90. The first-order valence-corrected chi connectivity index (χ1v) is 6.39. The summed E-state index contributed by atoms with van der Waals surface area (Å²) >= 11 is 0. The van der Waals surface area contributed by atoms with Crippen LogP contribution >= 0.6 is 0 Å². The number of rotatable bonds is 2. The first-order chi connectivity index (χ1) is 9.09. The van der Waals surface area contributed by atoms with Crippen LogP contribution in [0.2, 0.25) is 0 Å². The highest BCUT2D eigenvalue weighted by Crippen LogP contribution is 2.17. The Morgan fingerprint density at radius 3 is 2.32 bits per heavy atom. The van der Waals surface area contributed by atoms with E-state index in [1.165, 1.54) is 4.90 Å². The topological polar surface area (TPSA) is 60.9 Å². The maximum Gasteiger partial charge on any atom is 0.407 e. The van der Waals surface area contributed by atoms with E-state index in [0.29, 0.717) is 31.5 Å². The summed E-state index contributed by atoms with van der Waals surface area (Å²) in [6, 6.07) is 9.27. The highest BCUT2D eigenvalue weighted by molar-refractivity contribution is 5.94. The fourth-order valence-corrected chi connectivity index (χ4v) is 2.39. The van der Waals surface area contributed by atoms with E-state index in [9.17, 15) is 9.59 Å². The predicted molar refractivity (Wildman–Crippen MR) is 71.2 cm³/mol. The number of carboxylic acid groups (broad SMARTS) is 1. The van der Waals surface area contributed by atoms with Gasteiger partial charge >= 0.3 is 6.09 Å². The average molecular weight is 262 g/mol. The third kappa shape index (κ3) is 3.05. The Bertz CT molecular complexity index is 453. The van der Waals surface area contributed by atoms with Gasteiger partial charge in [0.05, 0.1) is 0 Å². The van der Waals surface area contributed by atoms with Crippen LogP contribution in [0.4, 0.5) is 4.79 Å². The molecule has 0 radical (unpaired) electrons. The van der Waals surface area contributed by atoms with Gasteiger partial charge in [0, 0.05) is 31.7 Å². The van der Waals surface area contributed by atoms with Crippen LogP contribution in [-0.2, 0) is 0 Å². The van der Waals surface area contributed by atoms with E-state index in [2.05, 4.69) is 0 Å². The van der Waals surface area contributed by atoms with E-state index < -0.39 is 6.09 Å². The Morgan fingerprint density at radius 2 is 1.79 bits per heavy atom. The maximum atomic E-state index is 12.3. The summed E-state index contributed by atoms with van der Waals surface area (Å²) in [4.78, 5) is 26.2. The fourth-order valence-electron chi connectivity index (χ4n) is 2.39. The molecule has 2 rings (SSSR count). The average Bonchev–Trinajstić information content (AvgIpc) is 2.46. The number of hydrogen-bond donors (Lipinski definition) is 1. The summed E-state index contributed by atoms with van der Waals surface area (Å²) in [5.74, 6) is -0.00521. The van der Waals surface area contributed by atoms with Gasteiger partial charge in [-0.1, -0.05) is 18.2 Å². The normalized spacial score (nSPS) is 16.2. The van der Waals surface area contributed by atoms with Crippen LogP contribution in [0.3, 0.4) is 0 Å². The molecular formula is C14H18N2O3. The first kappa shape index (κ1) is 13.4. The Hall–Kier alpha value is -2.04. The molecule has 0 aromatic heterocycles. The third-order valence-electron chi connectivity index (χ3n) is 3.62. The second-order valence-electron chi connectivity index (χ2n) is 4.78. The van der Waals surface area contributed by atoms with Crippen molar-refractivity contribution in [3.8, 4) is 0 Å². The Morgan fingerprint density at radius 1 is 1.21 bits per heavy atom. The summed E-state index contributed by atoms with van der Waals surface area (Å²) in [7, 11) is 1.79. The monoisotopic (exact) mass is 262 g/mol. The maximum absolute atomic E-state index is 12.3. The number of piperidine rings is 1. The number of likely N-dealkylation sites (tertiary alicyclic amines) is 1. The van der Waals surface area contributed by atoms with Gasteiger partial charge < -0.3 is 14.9 Å². The van der Waals surface area contributed by atoms with Crippen molar-refractivity contribution in [1.82, 2.24) is 9.80 Å². The van der Waals surface area contributed by atoms with E-state index >= 15 is 0 Å². The van der Waals surface area contributed by atoms with Crippen LogP contribution in [0.5, 0.6) is 0 Å². The van der Waals surface area contributed by atoms with Gasteiger partial charge in [-0.2, -0.15) is 0 Å². The quantitative estimate of drug-likeness (QED) is 0.885. The lowest BCUT2D eigenvalue weighted by Crippen LogP contribution is -2.46. The first-order valence-electron chi connectivity index (χ1n) is 6.39. The van der Waals surface area contributed by atoms with Crippen molar-refractivity contribution in [3.05, 3.63) is 35.9 Å². The molecule has 1 N–H and O–H groups in total. The molecule has 1 aliphatic rings. The van der Waals surface area contributed by atoms with Crippen molar-refractivity contribution in [2.45, 2.75) is 18.9 Å². The summed E-state index contributed by atoms with van der Waals surface area (Å²) in [6.45, 7) is 0.985. The minimum atomic E-state index is -0.879. The zero-order valence-corrected chi connectivity index (χ0v) is 11.0. The van der Waals surface area contributed by atoms with Crippen molar-refractivity contribution in [2.75, 3.05) is 20.1 Å². The van der Waals surface area contributed by atoms with Crippen LogP contribution in [0.15, 0.2) is 30.3 Å². The Kier molecular flexibility index (Phi) is 4.04. The van der Waals surface area contributed by atoms with Crippen LogP contribution in [-0.4, -0.2) is 53.1 Å². The van der Waals surface area contributed by atoms with Gasteiger partial charge in [-0.3, -0.25) is 4.79 Å². The third-order valence-corrected chi connectivity index (χ3v) is 3.62. The second kappa shape index (κ2) is 5.73. The van der Waals surface area contributed by atoms with Crippen molar-refractivity contribution in [1.29, 1.82) is 0 Å². The van der Waals surface area contributed by atoms with Gasteiger partial charge in [-0.25, -0.2) is 4.79 Å². The molecule has 0 spiro atoms. The summed E-state index contributed by atoms with van der Waals surface area (Å²) in [6.07, 6.45) is 0.512. The van der Waals surface area contributed by atoms with Crippen LogP contribution in [0, 0.1) is 0 Å².